The van der Waals surface area contributed by atoms with Crippen LogP contribution in [0.4, 0.5) is 0 Å². The van der Waals surface area contributed by atoms with E-state index in [-0.39, 0.29) is 5.97 Å². The van der Waals surface area contributed by atoms with Gasteiger partial charge in [0.15, 0.2) is 0 Å². The van der Waals surface area contributed by atoms with Gasteiger partial charge in [-0.2, -0.15) is 0 Å². The Morgan fingerprint density at radius 2 is 2.09 bits per heavy atom. The molecule has 0 aromatic heterocycles. The summed E-state index contributed by atoms with van der Waals surface area (Å²) in [6.45, 7) is 6.30. The lowest BCUT2D eigenvalue weighted by Crippen LogP contribution is -1.88. The van der Waals surface area contributed by atoms with E-state index in [2.05, 4.69) is 4.74 Å². The Morgan fingerprint density at radius 1 is 1.45 bits per heavy atom. The first-order valence-corrected chi connectivity index (χ1v) is 4.04. The Kier molecular flexibility index (Phi) is 7.15. The van der Waals surface area contributed by atoms with Crippen LogP contribution in [0.15, 0.2) is 0 Å². The molecule has 3 nitrogen and oxygen atoms in total. The van der Waals surface area contributed by atoms with Gasteiger partial charge in [-0.3, -0.25) is 4.79 Å². The van der Waals surface area contributed by atoms with E-state index in [0.29, 0.717) is 13.0 Å². The average molecular weight is 160 g/mol. The zero-order chi connectivity index (χ0) is 8.53. The van der Waals surface area contributed by atoms with Crippen LogP contribution in [0, 0.1) is 0 Å². The van der Waals surface area contributed by atoms with Gasteiger partial charge in [-0.15, -0.1) is 0 Å². The number of esters is 1. The number of hydrogen-bond acceptors (Lipinski definition) is 3. The molecule has 1 aliphatic heterocycles. The van der Waals surface area contributed by atoms with Gasteiger partial charge in [-0.25, -0.2) is 0 Å². The van der Waals surface area contributed by atoms with Gasteiger partial charge in [0.1, 0.15) is 0 Å². The number of rotatable bonds is 2. The summed E-state index contributed by atoms with van der Waals surface area (Å²) in [4.78, 5) is 10.0. The summed E-state index contributed by atoms with van der Waals surface area (Å²) in [5.41, 5.74) is 0. The summed E-state index contributed by atoms with van der Waals surface area (Å²) >= 11 is 0. The predicted octanol–water partition coefficient (Wildman–Crippen LogP) is 1.37. The summed E-state index contributed by atoms with van der Waals surface area (Å²) in [5, 5.41) is 0. The van der Waals surface area contributed by atoms with Gasteiger partial charge >= 0.3 is 5.97 Å². The van der Waals surface area contributed by atoms with E-state index in [1.807, 2.05) is 13.8 Å². The van der Waals surface area contributed by atoms with Crippen LogP contribution in [0.2, 0.25) is 0 Å². The molecule has 0 amide bonds. The normalized spacial score (nSPS) is 15.3. The highest BCUT2D eigenvalue weighted by atomic mass is 16.5. The molecule has 0 spiro atoms. The Morgan fingerprint density at radius 3 is 2.18 bits per heavy atom. The molecule has 0 aliphatic carbocycles. The number of ether oxygens (including phenoxy) is 2. The van der Waals surface area contributed by atoms with Crippen molar-refractivity contribution in [1.29, 1.82) is 0 Å². The Labute approximate surface area is 67.7 Å². The fraction of sp³-hybridized carbons (Fsp3) is 0.875. The highest BCUT2D eigenvalue weighted by molar-refractivity contribution is 5.70. The molecule has 0 aromatic carbocycles. The molecule has 0 bridgehead atoms. The van der Waals surface area contributed by atoms with Crippen LogP contribution in [0.3, 0.4) is 0 Å². The van der Waals surface area contributed by atoms with Crippen molar-refractivity contribution in [3.8, 4) is 0 Å². The Balaban J connectivity index is 0.000000187. The number of cyclic esters (lactones) is 1. The molecule has 3 heteroatoms. The minimum absolute atomic E-state index is 0.0463. The molecule has 0 radical (unpaired) electrons. The lowest BCUT2D eigenvalue weighted by Gasteiger charge is -1.86. The molecule has 1 aliphatic rings. The second-order valence-electron chi connectivity index (χ2n) is 2.11. The molecular weight excluding hydrogens is 144 g/mol. The lowest BCUT2D eigenvalue weighted by atomic mass is 10.4. The first-order chi connectivity index (χ1) is 5.31. The molecule has 0 unspecified atom stereocenters. The summed E-state index contributed by atoms with van der Waals surface area (Å²) in [6, 6.07) is 0. The van der Waals surface area contributed by atoms with Crippen LogP contribution >= 0.6 is 0 Å². The highest BCUT2D eigenvalue weighted by Gasteiger charge is 2.08. The van der Waals surface area contributed by atoms with Gasteiger partial charge in [-0.05, 0) is 20.3 Å². The van der Waals surface area contributed by atoms with Gasteiger partial charge in [0.05, 0.1) is 6.61 Å². The second-order valence-corrected chi connectivity index (χ2v) is 2.11. The minimum atomic E-state index is -0.0463. The van der Waals surface area contributed by atoms with E-state index in [1.165, 1.54) is 0 Å². The fourth-order valence-electron chi connectivity index (χ4n) is 0.679. The first kappa shape index (κ1) is 10.4. The molecule has 1 fully saturated rings. The summed E-state index contributed by atoms with van der Waals surface area (Å²) < 4.78 is 9.35. The van der Waals surface area contributed by atoms with Crippen LogP contribution in [0.25, 0.3) is 0 Å². The average Bonchev–Trinajstić information content (AvgIpc) is 2.43. The third kappa shape index (κ3) is 7.33. The van der Waals surface area contributed by atoms with Crippen molar-refractivity contribution in [3.05, 3.63) is 0 Å². The van der Waals surface area contributed by atoms with Crippen LogP contribution in [-0.2, 0) is 14.3 Å². The second kappa shape index (κ2) is 7.54. The molecule has 0 saturated carbocycles. The standard InChI is InChI=1S/C4H6O2.C4H10O/c5-4-2-1-3-6-4;1-3-5-4-2/h1-3H2;3-4H2,1-2H3. The fourth-order valence-corrected chi connectivity index (χ4v) is 0.679. The van der Waals surface area contributed by atoms with E-state index in [4.69, 9.17) is 4.74 Å². The van der Waals surface area contributed by atoms with E-state index < -0.39 is 0 Å². The number of carbonyl (C=O) groups is 1. The van der Waals surface area contributed by atoms with Crippen LogP contribution < -0.4 is 0 Å². The van der Waals surface area contributed by atoms with Gasteiger partial charge < -0.3 is 9.47 Å². The summed E-state index contributed by atoms with van der Waals surface area (Å²) in [6.07, 6.45) is 1.54. The quantitative estimate of drug-likeness (QED) is 0.572. The molecule has 0 aromatic rings. The summed E-state index contributed by atoms with van der Waals surface area (Å²) in [7, 11) is 0. The topological polar surface area (TPSA) is 35.5 Å². The smallest absolute Gasteiger partial charge is 0.305 e. The van der Waals surface area contributed by atoms with E-state index in [1.54, 1.807) is 0 Å². The molecule has 1 rings (SSSR count). The SMILES string of the molecule is CCOCC.O=C1CCCO1. The van der Waals surface area contributed by atoms with Crippen LogP contribution in [0.1, 0.15) is 26.7 Å². The Hall–Kier alpha value is -0.570. The third-order valence-corrected chi connectivity index (χ3v) is 1.20. The molecule has 1 saturated heterocycles. The number of hydrogen-bond donors (Lipinski definition) is 0. The van der Waals surface area contributed by atoms with Gasteiger partial charge in [0.25, 0.3) is 0 Å². The molecule has 0 N–H and O–H groups in total. The van der Waals surface area contributed by atoms with Crippen molar-refractivity contribution < 1.29 is 14.3 Å². The molecule has 11 heavy (non-hydrogen) atoms. The number of carbonyl (C=O) groups excluding carboxylic acids is 1. The maximum atomic E-state index is 10.0. The Bertz CT molecular complexity index is 91.5. The van der Waals surface area contributed by atoms with E-state index in [9.17, 15) is 4.79 Å². The van der Waals surface area contributed by atoms with Gasteiger partial charge in [0, 0.05) is 19.6 Å². The minimum Gasteiger partial charge on any atom is -0.466 e. The van der Waals surface area contributed by atoms with Crippen LogP contribution in [-0.4, -0.2) is 25.8 Å². The zero-order valence-corrected chi connectivity index (χ0v) is 7.26. The third-order valence-electron chi connectivity index (χ3n) is 1.20. The van der Waals surface area contributed by atoms with Crippen molar-refractivity contribution in [2.45, 2.75) is 26.7 Å². The van der Waals surface area contributed by atoms with Gasteiger partial charge in [-0.1, -0.05) is 0 Å². The first-order valence-electron chi connectivity index (χ1n) is 4.04. The van der Waals surface area contributed by atoms with Crippen molar-refractivity contribution in [3.63, 3.8) is 0 Å². The van der Waals surface area contributed by atoms with E-state index in [0.717, 1.165) is 19.6 Å². The zero-order valence-electron chi connectivity index (χ0n) is 7.26. The molecule has 0 atom stereocenters. The monoisotopic (exact) mass is 160 g/mol. The van der Waals surface area contributed by atoms with Gasteiger partial charge in [0.2, 0.25) is 0 Å². The van der Waals surface area contributed by atoms with Crippen molar-refractivity contribution in [2.75, 3.05) is 19.8 Å². The van der Waals surface area contributed by atoms with Crippen molar-refractivity contribution >= 4 is 5.97 Å². The van der Waals surface area contributed by atoms with E-state index >= 15 is 0 Å². The maximum absolute atomic E-state index is 10.0. The lowest BCUT2D eigenvalue weighted by molar-refractivity contribution is -0.137. The molecule has 1 heterocycles. The molecule has 66 valence electrons. The van der Waals surface area contributed by atoms with Crippen molar-refractivity contribution in [1.82, 2.24) is 0 Å². The van der Waals surface area contributed by atoms with Crippen LogP contribution in [0.5, 0.6) is 0 Å². The molecular formula is C8H16O3. The largest absolute Gasteiger partial charge is 0.466 e. The highest BCUT2D eigenvalue weighted by Crippen LogP contribution is 2.01. The predicted molar refractivity (Wildman–Crippen MR) is 42.4 cm³/mol. The summed E-state index contributed by atoms with van der Waals surface area (Å²) in [5.74, 6) is -0.0463. The van der Waals surface area contributed by atoms with Crippen molar-refractivity contribution in [2.24, 2.45) is 0 Å². The maximum Gasteiger partial charge on any atom is 0.305 e.